The number of nitrogens with zero attached hydrogens (tertiary/aromatic N) is 6. The lowest BCUT2D eigenvalue weighted by molar-refractivity contribution is 0.341. The summed E-state index contributed by atoms with van der Waals surface area (Å²) in [5.74, 6) is 2.78. The highest BCUT2D eigenvalue weighted by Gasteiger charge is 2.22. The van der Waals surface area contributed by atoms with E-state index >= 15 is 0 Å². The van der Waals surface area contributed by atoms with Gasteiger partial charge in [-0.25, -0.2) is 9.67 Å². The van der Waals surface area contributed by atoms with Crippen molar-refractivity contribution >= 4 is 0 Å². The van der Waals surface area contributed by atoms with Gasteiger partial charge < -0.3 is 0 Å². The number of H-pyrrole nitrogens is 1. The van der Waals surface area contributed by atoms with Gasteiger partial charge in [0.1, 0.15) is 5.82 Å². The molecule has 2 aromatic carbocycles. The second-order valence-electron chi connectivity index (χ2n) is 8.78. The average Bonchev–Trinajstić information content (AvgIpc) is 3.38. The molecule has 0 saturated carbocycles. The molecular weight excluding hydrogens is 374 g/mol. The van der Waals surface area contributed by atoms with Crippen molar-refractivity contribution in [1.82, 2.24) is 35.4 Å². The monoisotopic (exact) mass is 401 g/mol. The van der Waals surface area contributed by atoms with Crippen LogP contribution in [-0.4, -0.2) is 35.4 Å². The molecule has 0 aliphatic heterocycles. The molecule has 0 radical (unpaired) electrons. The van der Waals surface area contributed by atoms with E-state index in [4.69, 9.17) is 10.1 Å². The summed E-state index contributed by atoms with van der Waals surface area (Å²) in [7, 11) is 0. The fourth-order valence-corrected chi connectivity index (χ4v) is 3.45. The molecule has 0 spiro atoms. The van der Waals surface area contributed by atoms with E-state index in [1.807, 2.05) is 18.2 Å². The third-order valence-corrected chi connectivity index (χ3v) is 4.98. The molecule has 0 unspecified atom stereocenters. The molecule has 0 saturated heterocycles. The predicted molar refractivity (Wildman–Crippen MR) is 117 cm³/mol. The predicted octanol–water partition coefficient (Wildman–Crippen LogP) is 4.59. The fourth-order valence-electron chi connectivity index (χ4n) is 3.45. The number of aromatic amines is 1. The van der Waals surface area contributed by atoms with E-state index in [0.717, 1.165) is 34.8 Å². The minimum absolute atomic E-state index is 0.112. The van der Waals surface area contributed by atoms with Gasteiger partial charge in [0.2, 0.25) is 5.82 Å². The van der Waals surface area contributed by atoms with Gasteiger partial charge in [0.15, 0.2) is 5.82 Å². The maximum Gasteiger partial charge on any atom is 0.205 e. The fraction of sp³-hybridized carbons (Fsp3) is 0.348. The highest BCUT2D eigenvalue weighted by atomic mass is 15.5. The van der Waals surface area contributed by atoms with Gasteiger partial charge in [-0.1, -0.05) is 62.4 Å². The summed E-state index contributed by atoms with van der Waals surface area (Å²) in [4.78, 5) is 4.82. The maximum atomic E-state index is 4.82. The summed E-state index contributed by atoms with van der Waals surface area (Å²) in [6, 6.07) is 16.7. The molecule has 0 fully saturated rings. The summed E-state index contributed by atoms with van der Waals surface area (Å²) >= 11 is 0. The van der Waals surface area contributed by atoms with Crippen LogP contribution in [0.5, 0.6) is 0 Å². The Kier molecular flexibility index (Phi) is 5.20. The molecule has 154 valence electrons. The molecule has 0 aliphatic carbocycles. The second-order valence-corrected chi connectivity index (χ2v) is 8.78. The molecule has 2 aromatic heterocycles. The SMILES string of the molecule is CC(C)c1nc(Cc2ccc(-c3ccccc3-c3nn[nH]n3)cc2)n(C(C)(C)C)n1. The first-order chi connectivity index (χ1) is 14.3. The Balaban J connectivity index is 1.64. The van der Waals surface area contributed by atoms with E-state index < -0.39 is 0 Å². The zero-order valence-corrected chi connectivity index (χ0v) is 18.1. The zero-order valence-electron chi connectivity index (χ0n) is 18.1. The number of nitrogens with one attached hydrogen (secondary N) is 1. The Morgan fingerprint density at radius 2 is 1.67 bits per heavy atom. The van der Waals surface area contributed by atoms with Crippen LogP contribution in [0.3, 0.4) is 0 Å². The van der Waals surface area contributed by atoms with Crippen LogP contribution in [0.4, 0.5) is 0 Å². The third-order valence-electron chi connectivity index (χ3n) is 4.98. The average molecular weight is 402 g/mol. The summed E-state index contributed by atoms with van der Waals surface area (Å²) < 4.78 is 2.06. The Bertz CT molecular complexity index is 1120. The van der Waals surface area contributed by atoms with Crippen LogP contribution < -0.4 is 0 Å². The maximum absolute atomic E-state index is 4.82. The first-order valence-corrected chi connectivity index (χ1v) is 10.2. The Morgan fingerprint density at radius 1 is 0.967 bits per heavy atom. The van der Waals surface area contributed by atoms with Crippen molar-refractivity contribution < 1.29 is 0 Å². The van der Waals surface area contributed by atoms with Crippen molar-refractivity contribution in [1.29, 1.82) is 0 Å². The van der Waals surface area contributed by atoms with Crippen LogP contribution in [0.15, 0.2) is 48.5 Å². The van der Waals surface area contributed by atoms with Crippen molar-refractivity contribution in [2.24, 2.45) is 0 Å². The Hall–Kier alpha value is -3.35. The van der Waals surface area contributed by atoms with Crippen molar-refractivity contribution in [3.8, 4) is 22.5 Å². The molecular formula is C23H27N7. The van der Waals surface area contributed by atoms with Crippen molar-refractivity contribution in [3.05, 3.63) is 65.7 Å². The molecule has 7 nitrogen and oxygen atoms in total. The quantitative estimate of drug-likeness (QED) is 0.528. The lowest BCUT2D eigenvalue weighted by Crippen LogP contribution is -2.25. The number of hydrogen-bond acceptors (Lipinski definition) is 5. The number of benzene rings is 2. The molecule has 7 heteroatoms. The van der Waals surface area contributed by atoms with Crippen LogP contribution >= 0.6 is 0 Å². The van der Waals surface area contributed by atoms with Gasteiger partial charge >= 0.3 is 0 Å². The largest absolute Gasteiger partial charge is 0.244 e. The van der Waals surface area contributed by atoms with E-state index in [-0.39, 0.29) is 5.54 Å². The van der Waals surface area contributed by atoms with Crippen molar-refractivity contribution in [2.45, 2.75) is 52.5 Å². The summed E-state index contributed by atoms with van der Waals surface area (Å²) in [6.45, 7) is 10.7. The molecule has 0 aliphatic rings. The number of tetrazole rings is 1. The smallest absolute Gasteiger partial charge is 0.205 e. The molecule has 4 aromatic rings. The molecule has 0 bridgehead atoms. The molecule has 4 rings (SSSR count). The summed E-state index contributed by atoms with van der Waals surface area (Å²) in [5, 5.41) is 19.2. The van der Waals surface area contributed by atoms with Crippen LogP contribution in [0.25, 0.3) is 22.5 Å². The first-order valence-electron chi connectivity index (χ1n) is 10.2. The van der Waals surface area contributed by atoms with Crippen LogP contribution in [-0.2, 0) is 12.0 Å². The Morgan fingerprint density at radius 3 is 2.27 bits per heavy atom. The van der Waals surface area contributed by atoms with Gasteiger partial charge in [-0.3, -0.25) is 0 Å². The zero-order chi connectivity index (χ0) is 21.3. The van der Waals surface area contributed by atoms with Gasteiger partial charge in [0, 0.05) is 17.9 Å². The van der Waals surface area contributed by atoms with Gasteiger partial charge in [-0.05, 0) is 42.7 Å². The van der Waals surface area contributed by atoms with E-state index in [9.17, 15) is 0 Å². The number of hydrogen-bond donors (Lipinski definition) is 1. The second kappa shape index (κ2) is 7.82. The standard InChI is InChI=1S/C23H27N7/c1-15(2)21-24-20(30(27-21)23(3,4)5)14-16-10-12-17(13-11-16)18-8-6-7-9-19(18)22-25-28-29-26-22/h6-13,15H,14H2,1-5H3,(H,25,26,28,29). The lowest BCUT2D eigenvalue weighted by Gasteiger charge is -2.21. The van der Waals surface area contributed by atoms with Gasteiger partial charge in [0.25, 0.3) is 0 Å². The minimum Gasteiger partial charge on any atom is -0.244 e. The van der Waals surface area contributed by atoms with Gasteiger partial charge in [-0.2, -0.15) is 10.3 Å². The lowest BCUT2D eigenvalue weighted by atomic mass is 9.97. The van der Waals surface area contributed by atoms with Crippen molar-refractivity contribution in [3.63, 3.8) is 0 Å². The molecule has 30 heavy (non-hydrogen) atoms. The van der Waals surface area contributed by atoms with E-state index in [1.54, 1.807) is 0 Å². The number of aromatic nitrogens is 7. The van der Waals surface area contributed by atoms with Gasteiger partial charge in [-0.15, -0.1) is 10.2 Å². The van der Waals surface area contributed by atoms with E-state index in [2.05, 4.69) is 90.3 Å². The van der Waals surface area contributed by atoms with E-state index in [1.165, 1.54) is 5.56 Å². The number of rotatable bonds is 5. The van der Waals surface area contributed by atoms with Crippen LogP contribution in [0, 0.1) is 0 Å². The molecule has 0 atom stereocenters. The van der Waals surface area contributed by atoms with Crippen LogP contribution in [0.2, 0.25) is 0 Å². The van der Waals surface area contributed by atoms with E-state index in [0.29, 0.717) is 11.7 Å². The highest BCUT2D eigenvalue weighted by molar-refractivity contribution is 5.80. The minimum atomic E-state index is -0.112. The van der Waals surface area contributed by atoms with Gasteiger partial charge in [0.05, 0.1) is 5.54 Å². The highest BCUT2D eigenvalue weighted by Crippen LogP contribution is 2.30. The summed E-state index contributed by atoms with van der Waals surface area (Å²) in [6.07, 6.45) is 0.740. The first kappa shape index (κ1) is 19.9. The molecule has 2 heterocycles. The Labute approximate surface area is 176 Å². The normalized spacial score (nSPS) is 11.9. The van der Waals surface area contributed by atoms with Crippen molar-refractivity contribution in [2.75, 3.05) is 0 Å². The summed E-state index contributed by atoms with van der Waals surface area (Å²) in [5.41, 5.74) is 4.22. The molecule has 1 N–H and O–H groups in total. The third kappa shape index (κ3) is 4.01. The topological polar surface area (TPSA) is 85.2 Å². The van der Waals surface area contributed by atoms with Crippen LogP contribution in [0.1, 0.15) is 57.7 Å². The molecule has 0 amide bonds.